The van der Waals surface area contributed by atoms with E-state index in [4.69, 9.17) is 14.9 Å². The zero-order valence-corrected chi connectivity index (χ0v) is 16.0. The Kier molecular flexibility index (Phi) is 7.58. The average Bonchev–Trinajstić information content (AvgIpc) is 3.21. The number of nitrogens with zero attached hydrogens (tertiary/aromatic N) is 1. The molecule has 6 heteroatoms. The zero-order valence-electron chi connectivity index (χ0n) is 13.7. The molecule has 0 fully saturated rings. The number of fused-ring (bicyclic) bond motifs is 1. The van der Waals surface area contributed by atoms with Gasteiger partial charge < -0.3 is 20.2 Å². The summed E-state index contributed by atoms with van der Waals surface area (Å²) in [4.78, 5) is 4.33. The van der Waals surface area contributed by atoms with Gasteiger partial charge in [-0.1, -0.05) is 6.07 Å². The number of guanidine groups is 1. The van der Waals surface area contributed by atoms with Crippen LogP contribution in [0.25, 0.3) is 0 Å². The van der Waals surface area contributed by atoms with Gasteiger partial charge in [-0.05, 0) is 61.1 Å². The number of nitrogens with two attached hydrogens (primary N) is 1. The summed E-state index contributed by atoms with van der Waals surface area (Å²) in [5.74, 6) is 1.29. The topological polar surface area (TPSA) is 72.8 Å². The van der Waals surface area contributed by atoms with E-state index in [1.54, 1.807) is 6.26 Å². The van der Waals surface area contributed by atoms with E-state index in [2.05, 4.69) is 28.5 Å². The number of furan rings is 1. The molecule has 0 saturated carbocycles. The number of anilines is 1. The fourth-order valence-electron chi connectivity index (χ4n) is 2.77. The standard InChI is InChI=1S/C18H23N3O2.HI/c19-18(20-9-3-10-22-13-17-6-2-11-23-17)21-16-8-7-14-4-1-5-15(14)12-16;/h2,6-8,11-12H,1,3-5,9-10,13H2,(H3,19,20,21);1H. The maximum atomic E-state index is 5.93. The fraction of sp³-hybridized carbons (Fsp3) is 0.389. The van der Waals surface area contributed by atoms with Crippen molar-refractivity contribution in [2.45, 2.75) is 32.3 Å². The van der Waals surface area contributed by atoms with Crippen LogP contribution in [0, 0.1) is 0 Å². The van der Waals surface area contributed by atoms with Gasteiger partial charge in [-0.2, -0.15) is 0 Å². The summed E-state index contributed by atoms with van der Waals surface area (Å²) in [5.41, 5.74) is 9.82. The van der Waals surface area contributed by atoms with Gasteiger partial charge in [-0.3, -0.25) is 4.99 Å². The smallest absolute Gasteiger partial charge is 0.193 e. The molecule has 1 aliphatic carbocycles. The Hall–Kier alpha value is -1.54. The quantitative estimate of drug-likeness (QED) is 0.297. The van der Waals surface area contributed by atoms with Gasteiger partial charge in [-0.25, -0.2) is 0 Å². The number of aryl methyl sites for hydroxylation is 2. The molecule has 1 aromatic carbocycles. The molecule has 0 saturated heterocycles. The van der Waals surface area contributed by atoms with Crippen molar-refractivity contribution in [1.82, 2.24) is 0 Å². The Morgan fingerprint density at radius 3 is 2.96 bits per heavy atom. The third-order valence-corrected chi connectivity index (χ3v) is 3.92. The van der Waals surface area contributed by atoms with Gasteiger partial charge >= 0.3 is 0 Å². The Morgan fingerprint density at radius 1 is 1.25 bits per heavy atom. The third kappa shape index (κ3) is 5.52. The molecule has 0 amide bonds. The predicted octanol–water partition coefficient (Wildman–Crippen LogP) is 3.72. The summed E-state index contributed by atoms with van der Waals surface area (Å²) >= 11 is 0. The average molecular weight is 441 g/mol. The Morgan fingerprint density at radius 2 is 2.12 bits per heavy atom. The van der Waals surface area contributed by atoms with E-state index in [-0.39, 0.29) is 24.0 Å². The highest BCUT2D eigenvalue weighted by Crippen LogP contribution is 2.24. The van der Waals surface area contributed by atoms with Crippen LogP contribution in [0.15, 0.2) is 46.0 Å². The van der Waals surface area contributed by atoms with Crippen LogP contribution in [0.4, 0.5) is 5.69 Å². The summed E-state index contributed by atoms with van der Waals surface area (Å²) in [6.45, 7) is 1.78. The number of rotatable bonds is 7. The summed E-state index contributed by atoms with van der Waals surface area (Å²) in [5, 5.41) is 3.16. The maximum absolute atomic E-state index is 5.93. The largest absolute Gasteiger partial charge is 0.467 e. The van der Waals surface area contributed by atoms with E-state index in [0.717, 1.165) is 24.3 Å². The molecule has 0 aliphatic heterocycles. The molecule has 130 valence electrons. The first-order valence-corrected chi connectivity index (χ1v) is 8.10. The highest BCUT2D eigenvalue weighted by atomic mass is 127. The molecule has 5 nitrogen and oxygen atoms in total. The van der Waals surface area contributed by atoms with Crippen molar-refractivity contribution in [3.63, 3.8) is 0 Å². The van der Waals surface area contributed by atoms with Gasteiger partial charge in [-0.15, -0.1) is 24.0 Å². The lowest BCUT2D eigenvalue weighted by Crippen LogP contribution is -2.23. The van der Waals surface area contributed by atoms with E-state index >= 15 is 0 Å². The van der Waals surface area contributed by atoms with Gasteiger partial charge in [0.1, 0.15) is 12.4 Å². The number of hydrogen-bond acceptors (Lipinski definition) is 3. The molecule has 0 unspecified atom stereocenters. The van der Waals surface area contributed by atoms with Crippen LogP contribution in [-0.4, -0.2) is 19.1 Å². The molecule has 0 radical (unpaired) electrons. The van der Waals surface area contributed by atoms with Gasteiger partial charge in [0.25, 0.3) is 0 Å². The molecule has 1 aliphatic rings. The highest BCUT2D eigenvalue weighted by molar-refractivity contribution is 14.0. The molecule has 0 spiro atoms. The molecule has 1 heterocycles. The summed E-state index contributed by atoms with van der Waals surface area (Å²) in [7, 11) is 0. The van der Waals surface area contributed by atoms with Crippen LogP contribution in [-0.2, 0) is 24.2 Å². The van der Waals surface area contributed by atoms with Crippen LogP contribution in [0.1, 0.15) is 29.7 Å². The highest BCUT2D eigenvalue weighted by Gasteiger charge is 2.10. The lowest BCUT2D eigenvalue weighted by molar-refractivity contribution is 0.105. The van der Waals surface area contributed by atoms with Crippen LogP contribution >= 0.6 is 24.0 Å². The number of nitrogens with one attached hydrogen (secondary N) is 1. The number of hydrogen-bond donors (Lipinski definition) is 2. The lowest BCUT2D eigenvalue weighted by atomic mass is 10.1. The number of benzene rings is 1. The van der Waals surface area contributed by atoms with Crippen molar-refractivity contribution in [3.05, 3.63) is 53.5 Å². The minimum absolute atomic E-state index is 0. The van der Waals surface area contributed by atoms with Gasteiger partial charge in [0.2, 0.25) is 0 Å². The molecular weight excluding hydrogens is 417 g/mol. The van der Waals surface area contributed by atoms with Crippen molar-refractivity contribution in [2.75, 3.05) is 18.5 Å². The van der Waals surface area contributed by atoms with Crippen molar-refractivity contribution in [1.29, 1.82) is 0 Å². The Labute approximate surface area is 159 Å². The van der Waals surface area contributed by atoms with Gasteiger partial charge in [0.15, 0.2) is 5.96 Å². The summed E-state index contributed by atoms with van der Waals surface area (Å²) in [6, 6.07) is 10.2. The molecule has 3 rings (SSSR count). The van der Waals surface area contributed by atoms with E-state index in [1.807, 2.05) is 12.1 Å². The Bertz CT molecular complexity index is 656. The Balaban J connectivity index is 0.00000208. The number of aliphatic imine (C=N–C) groups is 1. The molecule has 2 aromatic rings. The van der Waals surface area contributed by atoms with Crippen LogP contribution < -0.4 is 11.1 Å². The first-order valence-electron chi connectivity index (χ1n) is 8.10. The molecule has 0 atom stereocenters. The van der Waals surface area contributed by atoms with Crippen molar-refractivity contribution in [3.8, 4) is 0 Å². The SMILES string of the molecule is I.NC(=NCCCOCc1ccco1)Nc1ccc2c(c1)CCC2. The number of halogens is 1. The zero-order chi connectivity index (χ0) is 15.9. The van der Waals surface area contributed by atoms with Crippen molar-refractivity contribution >= 4 is 35.6 Å². The van der Waals surface area contributed by atoms with Crippen LogP contribution in [0.3, 0.4) is 0 Å². The van der Waals surface area contributed by atoms with Crippen molar-refractivity contribution in [2.24, 2.45) is 10.7 Å². The normalized spacial score (nSPS) is 13.4. The predicted molar refractivity (Wildman–Crippen MR) is 107 cm³/mol. The summed E-state index contributed by atoms with van der Waals surface area (Å²) in [6.07, 6.45) is 6.08. The monoisotopic (exact) mass is 441 g/mol. The molecule has 0 bridgehead atoms. The van der Waals surface area contributed by atoms with E-state index in [1.165, 1.54) is 24.0 Å². The molecule has 3 N–H and O–H groups in total. The van der Waals surface area contributed by atoms with E-state index in [9.17, 15) is 0 Å². The first kappa shape index (κ1) is 18.8. The minimum atomic E-state index is 0. The second kappa shape index (κ2) is 9.68. The molecule has 24 heavy (non-hydrogen) atoms. The minimum Gasteiger partial charge on any atom is -0.467 e. The molecule has 1 aromatic heterocycles. The second-order valence-electron chi connectivity index (χ2n) is 5.71. The first-order chi connectivity index (χ1) is 11.3. The van der Waals surface area contributed by atoms with Gasteiger partial charge in [0.05, 0.1) is 6.26 Å². The molecular formula is C18H24IN3O2. The van der Waals surface area contributed by atoms with Crippen molar-refractivity contribution < 1.29 is 9.15 Å². The maximum Gasteiger partial charge on any atom is 0.193 e. The lowest BCUT2D eigenvalue weighted by Gasteiger charge is -2.08. The third-order valence-electron chi connectivity index (χ3n) is 3.92. The second-order valence-corrected chi connectivity index (χ2v) is 5.71. The summed E-state index contributed by atoms with van der Waals surface area (Å²) < 4.78 is 10.7. The fourth-order valence-corrected chi connectivity index (χ4v) is 2.77. The number of ether oxygens (including phenoxy) is 1. The van der Waals surface area contributed by atoms with Crippen LogP contribution in [0.5, 0.6) is 0 Å². The van der Waals surface area contributed by atoms with Gasteiger partial charge in [0, 0.05) is 18.8 Å². The van der Waals surface area contributed by atoms with E-state index < -0.39 is 0 Å². The van der Waals surface area contributed by atoms with E-state index in [0.29, 0.717) is 25.7 Å². The van der Waals surface area contributed by atoms with Crippen LogP contribution in [0.2, 0.25) is 0 Å².